The second kappa shape index (κ2) is 9.00. The van der Waals surface area contributed by atoms with Crippen LogP contribution in [0.3, 0.4) is 0 Å². The lowest BCUT2D eigenvalue weighted by Gasteiger charge is -2.27. The molecule has 0 spiro atoms. The van der Waals surface area contributed by atoms with Gasteiger partial charge in [-0.3, -0.25) is 15.0 Å². The first-order valence-corrected chi connectivity index (χ1v) is 11.3. The van der Waals surface area contributed by atoms with Crippen LogP contribution in [0.5, 0.6) is 5.75 Å². The minimum Gasteiger partial charge on any atom is -0.494 e. The van der Waals surface area contributed by atoms with Gasteiger partial charge in [-0.05, 0) is 43.7 Å². The third-order valence-corrected chi connectivity index (χ3v) is 6.36. The van der Waals surface area contributed by atoms with E-state index >= 15 is 4.39 Å². The van der Waals surface area contributed by atoms with Crippen molar-refractivity contribution in [3.8, 4) is 17.0 Å². The number of fused-ring (bicyclic) bond motifs is 3. The molecule has 0 unspecified atom stereocenters. The Balaban J connectivity index is 1.74. The number of aromatic amines is 1. The number of aliphatic hydroxyl groups is 1. The minimum atomic E-state index is -0.457. The molecule has 0 aliphatic carbocycles. The molecule has 3 heterocycles. The van der Waals surface area contributed by atoms with E-state index in [4.69, 9.17) is 9.72 Å². The topological polar surface area (TPSA) is 90.4 Å². The second-order valence-corrected chi connectivity index (χ2v) is 8.68. The molecule has 34 heavy (non-hydrogen) atoms. The van der Waals surface area contributed by atoms with Crippen LogP contribution in [0.2, 0.25) is 0 Å². The van der Waals surface area contributed by atoms with Gasteiger partial charge in [-0.15, -0.1) is 0 Å². The van der Waals surface area contributed by atoms with E-state index in [0.29, 0.717) is 24.3 Å². The van der Waals surface area contributed by atoms with Gasteiger partial charge in [0.25, 0.3) is 0 Å². The predicted molar refractivity (Wildman–Crippen MR) is 129 cm³/mol. The monoisotopic (exact) mass is 462 g/mol. The van der Waals surface area contributed by atoms with E-state index < -0.39 is 5.82 Å². The number of aromatic nitrogens is 4. The largest absolute Gasteiger partial charge is 0.494 e. The van der Waals surface area contributed by atoms with Crippen LogP contribution in [0.1, 0.15) is 25.0 Å². The van der Waals surface area contributed by atoms with Gasteiger partial charge >= 0.3 is 0 Å². The molecule has 2 aromatic heterocycles. The van der Waals surface area contributed by atoms with Gasteiger partial charge in [-0.25, -0.2) is 9.37 Å². The van der Waals surface area contributed by atoms with E-state index in [0.717, 1.165) is 40.1 Å². The summed E-state index contributed by atoms with van der Waals surface area (Å²) in [5.74, 6) is -0.349. The highest BCUT2D eigenvalue weighted by Crippen LogP contribution is 2.39. The Hall–Kier alpha value is -3.56. The van der Waals surface area contributed by atoms with Crippen molar-refractivity contribution in [3.63, 3.8) is 0 Å². The van der Waals surface area contributed by atoms with Crippen LogP contribution in [0.25, 0.3) is 22.3 Å². The van der Waals surface area contributed by atoms with Crippen LogP contribution >= 0.6 is 0 Å². The van der Waals surface area contributed by atoms with Crippen LogP contribution in [0.4, 0.5) is 15.8 Å². The van der Waals surface area contributed by atoms with Crippen molar-refractivity contribution < 1.29 is 14.2 Å². The Kier molecular flexibility index (Phi) is 5.89. The highest BCUT2D eigenvalue weighted by Gasteiger charge is 2.28. The number of anilines is 2. The Morgan fingerprint density at radius 3 is 2.74 bits per heavy atom. The smallest absolute Gasteiger partial charge is 0.188 e. The average Bonchev–Trinajstić information content (AvgIpc) is 3.31. The molecule has 2 N–H and O–H groups in total. The molecule has 0 atom stereocenters. The van der Waals surface area contributed by atoms with Gasteiger partial charge in [0.05, 0.1) is 48.5 Å². The number of nitrogens with zero attached hydrogens (tertiary/aromatic N) is 5. The molecule has 1 aliphatic rings. The lowest BCUT2D eigenvalue weighted by molar-refractivity contribution is 0.224. The molecule has 2 aromatic carbocycles. The molecule has 0 saturated carbocycles. The first-order valence-electron chi connectivity index (χ1n) is 11.3. The Morgan fingerprint density at radius 2 is 2.03 bits per heavy atom. The number of nitrogens with one attached hydrogen (secondary N) is 1. The number of benzene rings is 2. The number of methoxy groups -OCH3 is 1. The molecule has 8 nitrogen and oxygen atoms in total. The molecular weight excluding hydrogens is 435 g/mol. The van der Waals surface area contributed by atoms with E-state index in [2.05, 4.69) is 33.9 Å². The minimum absolute atomic E-state index is 0.107. The zero-order valence-corrected chi connectivity index (χ0v) is 19.4. The van der Waals surface area contributed by atoms with Crippen LogP contribution in [0, 0.1) is 5.82 Å². The molecule has 4 aromatic rings. The maximum Gasteiger partial charge on any atom is 0.188 e. The molecule has 0 amide bonds. The zero-order valence-electron chi connectivity index (χ0n) is 19.4. The summed E-state index contributed by atoms with van der Waals surface area (Å²) in [6.45, 7) is 6.05. The number of H-pyrrole nitrogens is 1. The summed E-state index contributed by atoms with van der Waals surface area (Å²) in [5, 5.41) is 16.6. The maximum atomic E-state index is 15.5. The third-order valence-electron chi connectivity index (χ3n) is 6.36. The summed E-state index contributed by atoms with van der Waals surface area (Å²) < 4.78 is 20.8. The van der Waals surface area contributed by atoms with Crippen molar-refractivity contribution in [2.75, 3.05) is 25.1 Å². The van der Waals surface area contributed by atoms with E-state index in [1.807, 2.05) is 17.0 Å². The first-order chi connectivity index (χ1) is 16.5. The summed E-state index contributed by atoms with van der Waals surface area (Å²) in [6.07, 6.45) is 5.24. The van der Waals surface area contributed by atoms with Crippen molar-refractivity contribution in [2.45, 2.75) is 33.0 Å². The van der Waals surface area contributed by atoms with Crippen molar-refractivity contribution in [3.05, 3.63) is 59.8 Å². The molecule has 1 aliphatic heterocycles. The Labute approximate surface area is 197 Å². The molecule has 0 bridgehead atoms. The Bertz CT molecular complexity index is 1320. The summed E-state index contributed by atoms with van der Waals surface area (Å²) in [7, 11) is 1.43. The number of halogens is 1. The molecule has 5 rings (SSSR count). The van der Waals surface area contributed by atoms with Crippen LogP contribution in [0.15, 0.2) is 42.9 Å². The van der Waals surface area contributed by atoms with Gasteiger partial charge in [0.2, 0.25) is 0 Å². The fraction of sp³-hybridized carbons (Fsp3) is 0.320. The van der Waals surface area contributed by atoms with E-state index in [9.17, 15) is 5.11 Å². The van der Waals surface area contributed by atoms with Crippen molar-refractivity contribution in [2.24, 2.45) is 0 Å². The molecule has 0 fully saturated rings. The lowest BCUT2D eigenvalue weighted by atomic mass is 10.1. The predicted octanol–water partition coefficient (Wildman–Crippen LogP) is 4.02. The summed E-state index contributed by atoms with van der Waals surface area (Å²) in [5.41, 5.74) is 5.93. The number of aliphatic hydroxyl groups excluding tert-OH is 1. The van der Waals surface area contributed by atoms with E-state index in [-0.39, 0.29) is 18.4 Å². The normalized spacial score (nSPS) is 14.5. The fourth-order valence-corrected chi connectivity index (χ4v) is 4.46. The molecular formula is C25H27FN6O2. The first kappa shape index (κ1) is 22.2. The number of rotatable bonds is 5. The SMILES string of the molecule is COc1cc(CO)cc(N2CCN(C(C)C)Cc3c2ccc2ncc(-c4cn[nH]c4)nc32)c1F. The van der Waals surface area contributed by atoms with Crippen molar-refractivity contribution in [1.82, 2.24) is 25.1 Å². The van der Waals surface area contributed by atoms with Crippen LogP contribution in [-0.2, 0) is 13.2 Å². The molecule has 0 saturated heterocycles. The van der Waals surface area contributed by atoms with Gasteiger partial charge in [0.15, 0.2) is 11.6 Å². The standard InChI is InChI=1S/C25H27FN6O2/c1-15(2)31-6-7-32(22-8-16(14-33)9-23(34-3)24(22)26)21-5-4-19-25(18(21)13-31)30-20(12-27-19)17-10-28-29-11-17/h4-5,8-12,15,33H,6-7,13-14H2,1-3H3,(H,28,29). The summed E-state index contributed by atoms with van der Waals surface area (Å²) in [4.78, 5) is 13.9. The van der Waals surface area contributed by atoms with E-state index in [1.165, 1.54) is 13.2 Å². The average molecular weight is 463 g/mol. The van der Waals surface area contributed by atoms with Crippen molar-refractivity contribution in [1.29, 1.82) is 0 Å². The number of ether oxygens (including phenoxy) is 1. The van der Waals surface area contributed by atoms with Gasteiger partial charge in [-0.1, -0.05) is 0 Å². The maximum absolute atomic E-state index is 15.5. The second-order valence-electron chi connectivity index (χ2n) is 8.68. The van der Waals surface area contributed by atoms with Crippen molar-refractivity contribution >= 4 is 22.4 Å². The van der Waals surface area contributed by atoms with Gasteiger partial charge < -0.3 is 14.7 Å². The quantitative estimate of drug-likeness (QED) is 0.463. The number of hydrogen-bond acceptors (Lipinski definition) is 7. The zero-order chi connectivity index (χ0) is 23.8. The summed E-state index contributed by atoms with van der Waals surface area (Å²) >= 11 is 0. The molecule has 9 heteroatoms. The summed E-state index contributed by atoms with van der Waals surface area (Å²) in [6, 6.07) is 7.40. The van der Waals surface area contributed by atoms with Gasteiger partial charge in [0.1, 0.15) is 0 Å². The van der Waals surface area contributed by atoms with Gasteiger partial charge in [0, 0.05) is 48.7 Å². The lowest BCUT2D eigenvalue weighted by Crippen LogP contribution is -2.34. The highest BCUT2D eigenvalue weighted by atomic mass is 19.1. The van der Waals surface area contributed by atoms with Crippen LogP contribution in [-0.4, -0.2) is 56.4 Å². The third kappa shape index (κ3) is 3.86. The Morgan fingerprint density at radius 1 is 1.18 bits per heavy atom. The fourth-order valence-electron chi connectivity index (χ4n) is 4.46. The van der Waals surface area contributed by atoms with E-state index in [1.54, 1.807) is 24.7 Å². The van der Waals surface area contributed by atoms with Crippen LogP contribution < -0.4 is 9.64 Å². The van der Waals surface area contributed by atoms with Gasteiger partial charge in [-0.2, -0.15) is 5.10 Å². The highest BCUT2D eigenvalue weighted by molar-refractivity contribution is 5.87. The number of hydrogen-bond donors (Lipinski definition) is 2. The molecule has 0 radical (unpaired) electrons. The molecule has 176 valence electrons.